The molecular formula is C17H26O2. The highest BCUT2D eigenvalue weighted by Gasteiger charge is 2.26. The Hall–Kier alpha value is -1.02. The van der Waals surface area contributed by atoms with Gasteiger partial charge >= 0.3 is 0 Å². The number of aliphatic hydroxyl groups is 1. The first-order chi connectivity index (χ1) is 9.20. The van der Waals surface area contributed by atoms with Crippen LogP contribution in [0, 0.1) is 11.8 Å². The van der Waals surface area contributed by atoms with Gasteiger partial charge in [-0.05, 0) is 48.8 Å². The van der Waals surface area contributed by atoms with Gasteiger partial charge in [-0.1, -0.05) is 38.8 Å². The molecule has 2 rings (SSSR count). The van der Waals surface area contributed by atoms with Crippen LogP contribution >= 0.6 is 0 Å². The Balaban J connectivity index is 1.96. The lowest BCUT2D eigenvalue weighted by Crippen LogP contribution is -2.20. The quantitative estimate of drug-likeness (QED) is 0.855. The Morgan fingerprint density at radius 3 is 2.63 bits per heavy atom. The van der Waals surface area contributed by atoms with Gasteiger partial charge in [-0.25, -0.2) is 0 Å². The van der Waals surface area contributed by atoms with E-state index in [0.29, 0.717) is 5.92 Å². The topological polar surface area (TPSA) is 29.5 Å². The molecule has 0 saturated heterocycles. The number of rotatable bonds is 5. The molecule has 0 heterocycles. The normalized spacial score (nSPS) is 25.0. The maximum atomic E-state index is 10.5. The van der Waals surface area contributed by atoms with Crippen LogP contribution in [-0.4, -0.2) is 11.7 Å². The average molecular weight is 262 g/mol. The molecule has 1 aliphatic carbocycles. The zero-order valence-corrected chi connectivity index (χ0v) is 12.1. The third-order valence-electron chi connectivity index (χ3n) is 4.12. The molecule has 0 aliphatic heterocycles. The number of ether oxygens (including phenoxy) is 1. The highest BCUT2D eigenvalue weighted by atomic mass is 16.5. The fourth-order valence-electron chi connectivity index (χ4n) is 3.02. The molecule has 1 fully saturated rings. The summed E-state index contributed by atoms with van der Waals surface area (Å²) in [6, 6.07) is 7.96. The molecule has 19 heavy (non-hydrogen) atoms. The summed E-state index contributed by atoms with van der Waals surface area (Å²) in [4.78, 5) is 0. The van der Waals surface area contributed by atoms with Gasteiger partial charge in [0.1, 0.15) is 5.75 Å². The van der Waals surface area contributed by atoms with E-state index in [1.54, 1.807) is 0 Å². The highest BCUT2D eigenvalue weighted by Crippen LogP contribution is 2.37. The molecule has 106 valence electrons. The van der Waals surface area contributed by atoms with Crippen LogP contribution < -0.4 is 4.74 Å². The molecule has 3 unspecified atom stereocenters. The molecule has 0 amide bonds. The third-order valence-corrected chi connectivity index (χ3v) is 4.12. The van der Waals surface area contributed by atoms with E-state index < -0.39 is 0 Å². The predicted octanol–water partition coefficient (Wildman–Crippen LogP) is 4.34. The maximum Gasteiger partial charge on any atom is 0.119 e. The van der Waals surface area contributed by atoms with Crippen molar-refractivity contribution < 1.29 is 9.84 Å². The summed E-state index contributed by atoms with van der Waals surface area (Å²) in [5.41, 5.74) is 1.03. The zero-order chi connectivity index (χ0) is 13.7. The first-order valence-corrected chi connectivity index (χ1v) is 7.61. The van der Waals surface area contributed by atoms with Crippen molar-refractivity contribution in [3.8, 4) is 5.75 Å². The molecule has 3 atom stereocenters. The molecule has 1 N–H and O–H groups in total. The molecule has 1 saturated carbocycles. The van der Waals surface area contributed by atoms with Crippen molar-refractivity contribution in [3.05, 3.63) is 29.8 Å². The van der Waals surface area contributed by atoms with Crippen LogP contribution in [0.15, 0.2) is 24.3 Å². The molecule has 1 aliphatic rings. The van der Waals surface area contributed by atoms with Crippen molar-refractivity contribution in [3.63, 3.8) is 0 Å². The molecule has 2 nitrogen and oxygen atoms in total. The second-order valence-electron chi connectivity index (χ2n) is 5.89. The van der Waals surface area contributed by atoms with E-state index in [0.717, 1.165) is 43.1 Å². The summed E-state index contributed by atoms with van der Waals surface area (Å²) in [6.07, 6.45) is 5.57. The standard InChI is InChI=1S/C17H26O2/c1-3-11-19-16-9-7-14(8-10-16)17(18)15-6-4-5-13(2)12-15/h7-10,13,15,17-18H,3-6,11-12H2,1-2H3. The fourth-order valence-corrected chi connectivity index (χ4v) is 3.02. The van der Waals surface area contributed by atoms with Crippen LogP contribution in [0.4, 0.5) is 0 Å². The van der Waals surface area contributed by atoms with E-state index in [2.05, 4.69) is 13.8 Å². The summed E-state index contributed by atoms with van der Waals surface area (Å²) < 4.78 is 5.57. The van der Waals surface area contributed by atoms with E-state index in [4.69, 9.17) is 4.74 Å². The van der Waals surface area contributed by atoms with Gasteiger partial charge in [-0.15, -0.1) is 0 Å². The van der Waals surface area contributed by atoms with Gasteiger partial charge in [0.05, 0.1) is 12.7 Å². The van der Waals surface area contributed by atoms with Crippen molar-refractivity contribution in [1.82, 2.24) is 0 Å². The third kappa shape index (κ3) is 3.97. The lowest BCUT2D eigenvalue weighted by molar-refractivity contribution is 0.0713. The Kier molecular flexibility index (Phi) is 5.26. The SMILES string of the molecule is CCCOc1ccc(C(O)C2CCCC(C)C2)cc1. The van der Waals surface area contributed by atoms with Crippen molar-refractivity contribution in [2.75, 3.05) is 6.61 Å². The summed E-state index contributed by atoms with van der Waals surface area (Å²) in [6.45, 7) is 5.14. The highest BCUT2D eigenvalue weighted by molar-refractivity contribution is 5.28. The minimum absolute atomic E-state index is 0.317. The van der Waals surface area contributed by atoms with Gasteiger partial charge in [0.25, 0.3) is 0 Å². The summed E-state index contributed by atoms with van der Waals surface area (Å²) in [5.74, 6) is 2.07. The van der Waals surface area contributed by atoms with Crippen LogP contribution in [0.1, 0.15) is 57.6 Å². The van der Waals surface area contributed by atoms with Crippen LogP contribution in [-0.2, 0) is 0 Å². The van der Waals surface area contributed by atoms with Gasteiger partial charge in [0.2, 0.25) is 0 Å². The predicted molar refractivity (Wildman–Crippen MR) is 78.3 cm³/mol. The largest absolute Gasteiger partial charge is 0.494 e. The molecule has 0 radical (unpaired) electrons. The second kappa shape index (κ2) is 6.95. The van der Waals surface area contributed by atoms with Crippen molar-refractivity contribution >= 4 is 0 Å². The number of aliphatic hydroxyl groups excluding tert-OH is 1. The molecule has 0 bridgehead atoms. The Morgan fingerprint density at radius 2 is 2.00 bits per heavy atom. The van der Waals surface area contributed by atoms with Crippen LogP contribution in [0.5, 0.6) is 5.75 Å². The zero-order valence-electron chi connectivity index (χ0n) is 12.1. The summed E-state index contributed by atoms with van der Waals surface area (Å²) in [7, 11) is 0. The fraction of sp³-hybridized carbons (Fsp3) is 0.647. The first-order valence-electron chi connectivity index (χ1n) is 7.61. The van der Waals surface area contributed by atoms with Crippen molar-refractivity contribution in [1.29, 1.82) is 0 Å². The Bertz CT molecular complexity index is 371. The van der Waals surface area contributed by atoms with Gasteiger partial charge in [0.15, 0.2) is 0 Å². The van der Waals surface area contributed by atoms with Gasteiger partial charge in [0, 0.05) is 0 Å². The Labute approximate surface area is 116 Å². The number of benzene rings is 1. The lowest BCUT2D eigenvalue weighted by Gasteiger charge is -2.30. The van der Waals surface area contributed by atoms with E-state index in [9.17, 15) is 5.11 Å². The Morgan fingerprint density at radius 1 is 1.26 bits per heavy atom. The minimum atomic E-state index is -0.317. The smallest absolute Gasteiger partial charge is 0.119 e. The molecule has 1 aromatic rings. The molecular weight excluding hydrogens is 236 g/mol. The van der Waals surface area contributed by atoms with Crippen molar-refractivity contribution in [2.45, 2.75) is 52.1 Å². The second-order valence-corrected chi connectivity index (χ2v) is 5.89. The minimum Gasteiger partial charge on any atom is -0.494 e. The summed E-state index contributed by atoms with van der Waals surface area (Å²) >= 11 is 0. The van der Waals surface area contributed by atoms with Gasteiger partial charge < -0.3 is 9.84 Å². The summed E-state index contributed by atoms with van der Waals surface area (Å²) in [5, 5.41) is 10.5. The molecule has 2 heteroatoms. The van der Waals surface area contributed by atoms with Gasteiger partial charge in [-0.3, -0.25) is 0 Å². The monoisotopic (exact) mass is 262 g/mol. The number of hydrogen-bond acceptors (Lipinski definition) is 2. The van der Waals surface area contributed by atoms with Crippen LogP contribution in [0.25, 0.3) is 0 Å². The van der Waals surface area contributed by atoms with E-state index in [1.807, 2.05) is 24.3 Å². The maximum absolute atomic E-state index is 10.5. The number of hydrogen-bond donors (Lipinski definition) is 1. The van der Waals surface area contributed by atoms with Gasteiger partial charge in [-0.2, -0.15) is 0 Å². The van der Waals surface area contributed by atoms with E-state index in [1.165, 1.54) is 12.8 Å². The van der Waals surface area contributed by atoms with E-state index in [-0.39, 0.29) is 6.10 Å². The average Bonchev–Trinajstić information content (AvgIpc) is 2.45. The molecule has 1 aromatic carbocycles. The lowest BCUT2D eigenvalue weighted by atomic mass is 9.78. The molecule has 0 spiro atoms. The van der Waals surface area contributed by atoms with Crippen LogP contribution in [0.3, 0.4) is 0 Å². The first kappa shape index (κ1) is 14.4. The molecule has 0 aromatic heterocycles. The van der Waals surface area contributed by atoms with Crippen molar-refractivity contribution in [2.24, 2.45) is 11.8 Å². The van der Waals surface area contributed by atoms with E-state index >= 15 is 0 Å². The van der Waals surface area contributed by atoms with Crippen LogP contribution in [0.2, 0.25) is 0 Å².